The van der Waals surface area contributed by atoms with Gasteiger partial charge in [0.15, 0.2) is 0 Å². The molecule has 0 aromatic heterocycles. The van der Waals surface area contributed by atoms with Crippen LogP contribution in [0, 0.1) is 0 Å². The third-order valence-electron chi connectivity index (χ3n) is 4.88. The molecule has 2 nitrogen and oxygen atoms in total. The number of likely N-dealkylation sites (tertiary alicyclic amines) is 1. The quantitative estimate of drug-likeness (QED) is 0.882. The molecule has 1 heterocycles. The summed E-state index contributed by atoms with van der Waals surface area (Å²) in [6.07, 6.45) is 6.63. The van der Waals surface area contributed by atoms with Gasteiger partial charge in [-0.2, -0.15) is 0 Å². The summed E-state index contributed by atoms with van der Waals surface area (Å²) in [7, 11) is 0. The van der Waals surface area contributed by atoms with E-state index in [1.54, 1.807) is 0 Å². The zero-order valence-corrected chi connectivity index (χ0v) is 11.2. The molecule has 1 aliphatic carbocycles. The molecule has 2 heteroatoms. The van der Waals surface area contributed by atoms with Gasteiger partial charge in [-0.1, -0.05) is 30.7 Å². The molecule has 3 rings (SSSR count). The van der Waals surface area contributed by atoms with Gasteiger partial charge in [-0.15, -0.1) is 0 Å². The number of hydrogen-bond acceptors (Lipinski definition) is 2. The van der Waals surface area contributed by atoms with Crippen LogP contribution in [-0.4, -0.2) is 24.5 Å². The van der Waals surface area contributed by atoms with Crippen molar-refractivity contribution in [3.63, 3.8) is 0 Å². The Kier molecular flexibility index (Phi) is 3.40. The summed E-state index contributed by atoms with van der Waals surface area (Å²) in [5.41, 5.74) is 9.42. The maximum atomic E-state index is 6.06. The predicted molar refractivity (Wildman–Crippen MR) is 75.5 cm³/mol. The van der Waals surface area contributed by atoms with Gasteiger partial charge in [0.25, 0.3) is 0 Å². The van der Waals surface area contributed by atoms with E-state index in [1.807, 2.05) is 0 Å². The molecule has 1 aliphatic heterocycles. The lowest BCUT2D eigenvalue weighted by molar-refractivity contribution is 0.246. The van der Waals surface area contributed by atoms with Gasteiger partial charge in [0, 0.05) is 18.5 Å². The van der Waals surface area contributed by atoms with Gasteiger partial charge in [0.05, 0.1) is 0 Å². The van der Waals surface area contributed by atoms with Crippen molar-refractivity contribution >= 4 is 0 Å². The summed E-state index contributed by atoms with van der Waals surface area (Å²) in [5.74, 6) is 0. The maximum absolute atomic E-state index is 6.06. The Bertz CT molecular complexity index is 398. The van der Waals surface area contributed by atoms with E-state index in [2.05, 4.69) is 29.2 Å². The highest BCUT2D eigenvalue weighted by Crippen LogP contribution is 2.44. The number of nitrogens with zero attached hydrogens (tertiary/aromatic N) is 1. The lowest BCUT2D eigenvalue weighted by Crippen LogP contribution is -2.42. The van der Waals surface area contributed by atoms with Crippen LogP contribution in [0.3, 0.4) is 0 Å². The van der Waals surface area contributed by atoms with Crippen LogP contribution in [0.5, 0.6) is 0 Å². The van der Waals surface area contributed by atoms with Crippen molar-refractivity contribution in [2.24, 2.45) is 5.73 Å². The minimum Gasteiger partial charge on any atom is -0.330 e. The lowest BCUT2D eigenvalue weighted by Gasteiger charge is -2.43. The normalized spacial score (nSPS) is 22.9. The van der Waals surface area contributed by atoms with Crippen LogP contribution in [0.1, 0.15) is 43.2 Å². The van der Waals surface area contributed by atoms with Crippen molar-refractivity contribution in [1.29, 1.82) is 0 Å². The molecular formula is C16H24N2. The first kappa shape index (κ1) is 12.2. The Morgan fingerprint density at radius 2 is 1.78 bits per heavy atom. The van der Waals surface area contributed by atoms with Gasteiger partial charge in [-0.3, -0.25) is 4.90 Å². The van der Waals surface area contributed by atoms with E-state index in [4.69, 9.17) is 5.73 Å². The minimum atomic E-state index is 0.302. The molecular weight excluding hydrogens is 220 g/mol. The molecule has 18 heavy (non-hydrogen) atoms. The molecule has 0 radical (unpaired) electrons. The first-order valence-corrected chi connectivity index (χ1v) is 7.35. The molecule has 0 atom stereocenters. The molecule has 0 spiro atoms. The number of hydrogen-bond donors (Lipinski definition) is 1. The maximum Gasteiger partial charge on any atom is 0.0236 e. The van der Waals surface area contributed by atoms with Gasteiger partial charge in [0.2, 0.25) is 0 Å². The third kappa shape index (κ3) is 2.08. The number of benzene rings is 1. The minimum absolute atomic E-state index is 0.302. The summed E-state index contributed by atoms with van der Waals surface area (Å²) in [5, 5.41) is 0. The molecule has 0 bridgehead atoms. The van der Waals surface area contributed by atoms with Crippen LogP contribution in [0.15, 0.2) is 24.3 Å². The lowest BCUT2D eigenvalue weighted by atomic mass is 9.63. The molecule has 0 unspecified atom stereocenters. The highest BCUT2D eigenvalue weighted by atomic mass is 15.1. The molecule has 0 amide bonds. The Morgan fingerprint density at radius 3 is 2.39 bits per heavy atom. The standard InChI is InChI=1S/C16H24N2/c17-13-16(8-5-9-16)15-7-2-1-6-14(15)12-18-10-3-4-11-18/h1-2,6-7H,3-5,8-13,17H2. The fraction of sp³-hybridized carbons (Fsp3) is 0.625. The van der Waals surface area contributed by atoms with Crippen LogP contribution in [0.2, 0.25) is 0 Å². The number of rotatable bonds is 4. The van der Waals surface area contributed by atoms with Crippen molar-refractivity contribution < 1.29 is 0 Å². The van der Waals surface area contributed by atoms with E-state index < -0.39 is 0 Å². The SMILES string of the molecule is NCC1(c2ccccc2CN2CCCC2)CCC1. The second-order valence-corrected chi connectivity index (χ2v) is 5.98. The molecule has 1 saturated carbocycles. The van der Waals surface area contributed by atoms with Crippen molar-refractivity contribution in [3.8, 4) is 0 Å². The highest BCUT2D eigenvalue weighted by molar-refractivity contribution is 5.36. The van der Waals surface area contributed by atoms with Crippen LogP contribution in [0.25, 0.3) is 0 Å². The van der Waals surface area contributed by atoms with Crippen molar-refractivity contribution in [3.05, 3.63) is 35.4 Å². The fourth-order valence-electron chi connectivity index (χ4n) is 3.54. The molecule has 2 N–H and O–H groups in total. The van der Waals surface area contributed by atoms with E-state index in [-0.39, 0.29) is 0 Å². The van der Waals surface area contributed by atoms with E-state index in [0.29, 0.717) is 5.41 Å². The van der Waals surface area contributed by atoms with E-state index >= 15 is 0 Å². The van der Waals surface area contributed by atoms with Crippen molar-refractivity contribution in [2.75, 3.05) is 19.6 Å². The average molecular weight is 244 g/mol. The second kappa shape index (κ2) is 5.02. The molecule has 98 valence electrons. The largest absolute Gasteiger partial charge is 0.330 e. The molecule has 1 aromatic rings. The smallest absolute Gasteiger partial charge is 0.0236 e. The van der Waals surface area contributed by atoms with Crippen molar-refractivity contribution in [2.45, 2.75) is 44.1 Å². The Labute approximate surface area is 110 Å². The Hall–Kier alpha value is -0.860. The summed E-state index contributed by atoms with van der Waals surface area (Å²) >= 11 is 0. The van der Waals surface area contributed by atoms with E-state index in [9.17, 15) is 0 Å². The van der Waals surface area contributed by atoms with Gasteiger partial charge in [-0.25, -0.2) is 0 Å². The highest BCUT2D eigenvalue weighted by Gasteiger charge is 2.38. The Morgan fingerprint density at radius 1 is 1.06 bits per heavy atom. The monoisotopic (exact) mass is 244 g/mol. The van der Waals surface area contributed by atoms with Gasteiger partial charge < -0.3 is 5.73 Å². The van der Waals surface area contributed by atoms with Gasteiger partial charge in [0.1, 0.15) is 0 Å². The summed E-state index contributed by atoms with van der Waals surface area (Å²) in [4.78, 5) is 2.59. The van der Waals surface area contributed by atoms with Gasteiger partial charge in [-0.05, 0) is 49.9 Å². The van der Waals surface area contributed by atoms with E-state index in [1.165, 1.54) is 56.3 Å². The molecule has 1 saturated heterocycles. The van der Waals surface area contributed by atoms with Crippen molar-refractivity contribution in [1.82, 2.24) is 4.90 Å². The fourth-order valence-corrected chi connectivity index (χ4v) is 3.54. The zero-order valence-electron chi connectivity index (χ0n) is 11.2. The van der Waals surface area contributed by atoms with Gasteiger partial charge >= 0.3 is 0 Å². The first-order chi connectivity index (χ1) is 8.84. The van der Waals surface area contributed by atoms with Crippen LogP contribution >= 0.6 is 0 Å². The van der Waals surface area contributed by atoms with Crippen LogP contribution in [0.4, 0.5) is 0 Å². The third-order valence-corrected chi connectivity index (χ3v) is 4.88. The summed E-state index contributed by atoms with van der Waals surface area (Å²) in [6, 6.07) is 8.98. The predicted octanol–water partition coefficient (Wildman–Crippen LogP) is 2.66. The summed E-state index contributed by atoms with van der Waals surface area (Å²) in [6.45, 7) is 4.47. The topological polar surface area (TPSA) is 29.3 Å². The second-order valence-electron chi connectivity index (χ2n) is 5.98. The Balaban J connectivity index is 1.84. The molecule has 2 aliphatic rings. The van der Waals surface area contributed by atoms with Crippen LogP contribution < -0.4 is 5.73 Å². The number of nitrogens with two attached hydrogens (primary N) is 1. The van der Waals surface area contributed by atoms with E-state index in [0.717, 1.165) is 13.1 Å². The summed E-state index contributed by atoms with van der Waals surface area (Å²) < 4.78 is 0. The molecule has 1 aromatic carbocycles. The first-order valence-electron chi connectivity index (χ1n) is 7.35. The molecule has 2 fully saturated rings. The zero-order chi connectivity index (χ0) is 12.4. The average Bonchev–Trinajstić information content (AvgIpc) is 2.83. The van der Waals surface area contributed by atoms with Crippen LogP contribution in [-0.2, 0) is 12.0 Å².